The molecule has 2 aliphatic heterocycles. The quantitative estimate of drug-likeness (QED) is 0.740. The van der Waals surface area contributed by atoms with E-state index in [4.69, 9.17) is 4.74 Å². The number of piperazine rings is 1. The minimum absolute atomic E-state index is 0.381. The molecule has 3 nitrogen and oxygen atoms in total. The zero-order chi connectivity index (χ0) is 17.8. The number of ether oxygens (including phenoxy) is 1. The zero-order valence-electron chi connectivity index (χ0n) is 15.6. The number of benzene rings is 2. The van der Waals surface area contributed by atoms with E-state index in [1.807, 2.05) is 11.8 Å². The van der Waals surface area contributed by atoms with Gasteiger partial charge in [-0.1, -0.05) is 42.5 Å². The lowest BCUT2D eigenvalue weighted by atomic mass is 9.93. The summed E-state index contributed by atoms with van der Waals surface area (Å²) in [6.07, 6.45) is 0. The van der Waals surface area contributed by atoms with Crippen LogP contribution in [0.5, 0.6) is 0 Å². The number of thioether (sulfide) groups is 1. The van der Waals surface area contributed by atoms with Crippen LogP contribution >= 0.6 is 11.8 Å². The lowest BCUT2D eigenvalue weighted by molar-refractivity contribution is 0.0705. The first kappa shape index (κ1) is 18.1. The fourth-order valence-corrected chi connectivity index (χ4v) is 5.16. The maximum Gasteiger partial charge on any atom is 0.0616 e. The second kappa shape index (κ2) is 8.57. The predicted molar refractivity (Wildman–Crippen MR) is 109 cm³/mol. The van der Waals surface area contributed by atoms with Crippen molar-refractivity contribution in [3.63, 3.8) is 0 Å². The molecule has 0 N–H and O–H groups in total. The Morgan fingerprint density at radius 1 is 0.962 bits per heavy atom. The first-order valence-electron chi connectivity index (χ1n) is 9.70. The molecule has 0 amide bonds. The predicted octanol–water partition coefficient (Wildman–Crippen LogP) is 4.04. The Labute approximate surface area is 161 Å². The van der Waals surface area contributed by atoms with Gasteiger partial charge in [0.25, 0.3) is 0 Å². The first-order chi connectivity index (χ1) is 12.9. The third-order valence-corrected chi connectivity index (χ3v) is 6.61. The second-order valence-electron chi connectivity index (χ2n) is 7.00. The maximum atomic E-state index is 5.53. The molecule has 138 valence electrons. The summed E-state index contributed by atoms with van der Waals surface area (Å²) in [5, 5.41) is 0. The molecular formula is C22H28N2OS. The lowest BCUT2D eigenvalue weighted by Crippen LogP contribution is -2.48. The van der Waals surface area contributed by atoms with Gasteiger partial charge in [-0.25, -0.2) is 0 Å². The second-order valence-corrected chi connectivity index (χ2v) is 8.02. The molecule has 1 unspecified atom stereocenters. The summed E-state index contributed by atoms with van der Waals surface area (Å²) in [6, 6.07) is 18.4. The van der Waals surface area contributed by atoms with Gasteiger partial charge in [-0.15, -0.1) is 11.8 Å². The molecule has 2 aliphatic rings. The van der Waals surface area contributed by atoms with Crippen LogP contribution in [0.4, 0.5) is 0 Å². The molecular weight excluding hydrogens is 340 g/mol. The van der Waals surface area contributed by atoms with Gasteiger partial charge in [-0.3, -0.25) is 9.80 Å². The van der Waals surface area contributed by atoms with Crippen LogP contribution < -0.4 is 0 Å². The minimum atomic E-state index is 0.381. The van der Waals surface area contributed by atoms with Crippen LogP contribution in [0.1, 0.15) is 29.7 Å². The van der Waals surface area contributed by atoms with Crippen molar-refractivity contribution in [2.75, 3.05) is 45.9 Å². The van der Waals surface area contributed by atoms with Crippen molar-refractivity contribution in [3.05, 3.63) is 65.2 Å². The summed E-state index contributed by atoms with van der Waals surface area (Å²) in [4.78, 5) is 6.66. The molecule has 0 bridgehead atoms. The molecule has 0 aromatic heterocycles. The van der Waals surface area contributed by atoms with Gasteiger partial charge < -0.3 is 4.74 Å². The Morgan fingerprint density at radius 2 is 1.69 bits per heavy atom. The molecule has 0 radical (unpaired) electrons. The van der Waals surface area contributed by atoms with Crippen molar-refractivity contribution in [1.29, 1.82) is 0 Å². The van der Waals surface area contributed by atoms with E-state index in [9.17, 15) is 0 Å². The van der Waals surface area contributed by atoms with Crippen molar-refractivity contribution in [1.82, 2.24) is 9.80 Å². The fourth-order valence-electron chi connectivity index (χ4n) is 4.07. The monoisotopic (exact) mass is 368 g/mol. The Balaban J connectivity index is 1.56. The Bertz CT molecular complexity index is 680. The highest BCUT2D eigenvalue weighted by atomic mass is 32.2. The van der Waals surface area contributed by atoms with Crippen LogP contribution in [0.15, 0.2) is 53.4 Å². The van der Waals surface area contributed by atoms with Crippen LogP contribution in [0, 0.1) is 0 Å². The van der Waals surface area contributed by atoms with Crippen LogP contribution in [-0.4, -0.2) is 55.7 Å². The molecule has 2 heterocycles. The van der Waals surface area contributed by atoms with Crippen molar-refractivity contribution in [3.8, 4) is 0 Å². The van der Waals surface area contributed by atoms with Crippen LogP contribution in [0.2, 0.25) is 0 Å². The summed E-state index contributed by atoms with van der Waals surface area (Å²) in [6.45, 7) is 9.26. The Hall–Kier alpha value is -1.33. The molecule has 1 saturated heterocycles. The smallest absolute Gasteiger partial charge is 0.0616 e. The SMILES string of the molecule is CCOCCN1CCN(C2c3ccccc3CSc3ccccc32)CC1. The van der Waals surface area contributed by atoms with E-state index in [0.717, 1.165) is 51.7 Å². The van der Waals surface area contributed by atoms with Crippen molar-refractivity contribution >= 4 is 11.8 Å². The van der Waals surface area contributed by atoms with Crippen LogP contribution in [-0.2, 0) is 10.5 Å². The van der Waals surface area contributed by atoms with Gasteiger partial charge in [0.15, 0.2) is 0 Å². The van der Waals surface area contributed by atoms with Gasteiger partial charge in [-0.2, -0.15) is 0 Å². The van der Waals surface area contributed by atoms with E-state index in [0.29, 0.717) is 6.04 Å². The summed E-state index contributed by atoms with van der Waals surface area (Å²) < 4.78 is 5.53. The topological polar surface area (TPSA) is 15.7 Å². The van der Waals surface area contributed by atoms with E-state index in [-0.39, 0.29) is 0 Å². The zero-order valence-corrected chi connectivity index (χ0v) is 16.4. The number of fused-ring (bicyclic) bond motifs is 2. The highest BCUT2D eigenvalue weighted by Gasteiger charge is 2.30. The van der Waals surface area contributed by atoms with E-state index >= 15 is 0 Å². The van der Waals surface area contributed by atoms with E-state index in [2.05, 4.69) is 65.3 Å². The number of rotatable bonds is 5. The van der Waals surface area contributed by atoms with E-state index in [1.165, 1.54) is 21.6 Å². The standard InChI is InChI=1S/C22H28N2OS/c1-2-25-16-15-23-11-13-24(14-12-23)22-19-8-4-3-7-18(19)17-26-21-10-6-5-9-20(21)22/h3-10,22H,2,11-17H2,1H3. The third kappa shape index (κ3) is 3.84. The number of nitrogens with zero attached hydrogens (tertiary/aromatic N) is 2. The van der Waals surface area contributed by atoms with Crippen molar-refractivity contribution < 1.29 is 4.74 Å². The average molecular weight is 369 g/mol. The fraction of sp³-hybridized carbons (Fsp3) is 0.455. The summed E-state index contributed by atoms with van der Waals surface area (Å²) in [7, 11) is 0. The highest BCUT2D eigenvalue weighted by molar-refractivity contribution is 7.98. The molecule has 0 aliphatic carbocycles. The van der Waals surface area contributed by atoms with Gasteiger partial charge >= 0.3 is 0 Å². The van der Waals surface area contributed by atoms with Gasteiger partial charge in [0.2, 0.25) is 0 Å². The Morgan fingerprint density at radius 3 is 2.50 bits per heavy atom. The molecule has 2 aromatic rings. The van der Waals surface area contributed by atoms with Gasteiger partial charge in [0.1, 0.15) is 0 Å². The van der Waals surface area contributed by atoms with Gasteiger partial charge in [-0.05, 0) is 29.7 Å². The first-order valence-corrected chi connectivity index (χ1v) is 10.7. The number of hydrogen-bond donors (Lipinski definition) is 0. The number of hydrogen-bond acceptors (Lipinski definition) is 4. The average Bonchev–Trinajstić information content (AvgIpc) is 2.86. The molecule has 1 fully saturated rings. The molecule has 4 heteroatoms. The van der Waals surface area contributed by atoms with Crippen molar-refractivity contribution in [2.45, 2.75) is 23.6 Å². The third-order valence-electron chi connectivity index (χ3n) is 5.47. The molecule has 1 atom stereocenters. The molecule has 0 spiro atoms. The summed E-state index contributed by atoms with van der Waals surface area (Å²) in [5.41, 5.74) is 4.45. The lowest BCUT2D eigenvalue weighted by Gasteiger charge is -2.40. The summed E-state index contributed by atoms with van der Waals surface area (Å²) >= 11 is 1.98. The molecule has 0 saturated carbocycles. The maximum absolute atomic E-state index is 5.53. The minimum Gasteiger partial charge on any atom is -0.380 e. The highest BCUT2D eigenvalue weighted by Crippen LogP contribution is 2.42. The Kier molecular flexibility index (Phi) is 5.95. The van der Waals surface area contributed by atoms with Gasteiger partial charge in [0, 0.05) is 50.0 Å². The van der Waals surface area contributed by atoms with Gasteiger partial charge in [0.05, 0.1) is 12.6 Å². The van der Waals surface area contributed by atoms with Crippen LogP contribution in [0.3, 0.4) is 0 Å². The molecule has 4 rings (SSSR count). The van der Waals surface area contributed by atoms with Crippen LogP contribution in [0.25, 0.3) is 0 Å². The largest absolute Gasteiger partial charge is 0.380 e. The van der Waals surface area contributed by atoms with E-state index < -0.39 is 0 Å². The van der Waals surface area contributed by atoms with E-state index in [1.54, 1.807) is 0 Å². The normalized spacial score (nSPS) is 21.0. The molecule has 26 heavy (non-hydrogen) atoms. The molecule has 2 aromatic carbocycles. The summed E-state index contributed by atoms with van der Waals surface area (Å²) in [5.74, 6) is 1.07. The van der Waals surface area contributed by atoms with Crippen molar-refractivity contribution in [2.24, 2.45) is 0 Å².